The quantitative estimate of drug-likeness (QED) is 0.438. The van der Waals surface area contributed by atoms with Gasteiger partial charge in [0.1, 0.15) is 5.75 Å². The summed E-state index contributed by atoms with van der Waals surface area (Å²) in [6, 6.07) is 21.1. The van der Waals surface area contributed by atoms with Crippen LogP contribution in [0.5, 0.6) is 5.75 Å². The molecule has 5 nitrogen and oxygen atoms in total. The summed E-state index contributed by atoms with van der Waals surface area (Å²) in [5, 5.41) is 4.74. The van der Waals surface area contributed by atoms with Crippen LogP contribution in [0.3, 0.4) is 0 Å². The maximum Gasteiger partial charge on any atom is 0.163 e. The van der Waals surface area contributed by atoms with Gasteiger partial charge >= 0.3 is 0 Å². The van der Waals surface area contributed by atoms with Crippen molar-refractivity contribution in [2.24, 2.45) is 0 Å². The number of ether oxygens (including phenoxy) is 1. The second kappa shape index (κ2) is 8.90. The molecule has 31 heavy (non-hydrogen) atoms. The van der Waals surface area contributed by atoms with E-state index < -0.39 is 0 Å². The first-order valence-electron chi connectivity index (χ1n) is 11.1. The highest BCUT2D eigenvalue weighted by molar-refractivity contribution is 5.77. The number of hydrogen-bond acceptors (Lipinski definition) is 4. The molecule has 3 heterocycles. The molecule has 0 bridgehead atoms. The van der Waals surface area contributed by atoms with E-state index in [1.807, 2.05) is 36.0 Å². The molecular formula is C26H28N4O. The number of hydrogen-bond donors (Lipinski definition) is 0. The van der Waals surface area contributed by atoms with Gasteiger partial charge in [0, 0.05) is 30.8 Å². The van der Waals surface area contributed by atoms with E-state index in [1.54, 1.807) is 0 Å². The fourth-order valence-electron chi connectivity index (χ4n) is 4.60. The van der Waals surface area contributed by atoms with E-state index in [-0.39, 0.29) is 0 Å². The third kappa shape index (κ3) is 4.19. The monoisotopic (exact) mass is 412 g/mol. The zero-order valence-corrected chi connectivity index (χ0v) is 17.9. The van der Waals surface area contributed by atoms with E-state index in [9.17, 15) is 0 Å². The Labute approximate surface area is 183 Å². The first kappa shape index (κ1) is 19.8. The SMILES string of the molecule is CCOc1ccc(-c2cnn3c(C4CCCN(Cc5ccccc5)C4)ccnc23)cc1. The van der Waals surface area contributed by atoms with Crippen LogP contribution < -0.4 is 4.74 Å². The van der Waals surface area contributed by atoms with Gasteiger partial charge in [-0.15, -0.1) is 0 Å². The lowest BCUT2D eigenvalue weighted by Crippen LogP contribution is -2.34. The Bertz CT molecular complexity index is 1140. The van der Waals surface area contributed by atoms with Crippen molar-refractivity contribution in [2.75, 3.05) is 19.7 Å². The molecule has 0 amide bonds. The van der Waals surface area contributed by atoms with Crippen LogP contribution in [0.1, 0.15) is 36.9 Å². The lowest BCUT2D eigenvalue weighted by molar-refractivity contribution is 0.197. The molecule has 0 aliphatic carbocycles. The van der Waals surface area contributed by atoms with Crippen molar-refractivity contribution >= 4 is 5.65 Å². The molecule has 2 aromatic carbocycles. The molecule has 0 saturated carbocycles. The summed E-state index contributed by atoms with van der Waals surface area (Å²) in [5.41, 5.74) is 5.71. The topological polar surface area (TPSA) is 42.7 Å². The van der Waals surface area contributed by atoms with Gasteiger partial charge in [0.15, 0.2) is 5.65 Å². The number of piperidine rings is 1. The van der Waals surface area contributed by atoms with Gasteiger partial charge in [-0.3, -0.25) is 4.90 Å². The molecule has 0 N–H and O–H groups in total. The first-order chi connectivity index (χ1) is 15.3. The third-order valence-electron chi connectivity index (χ3n) is 6.08. The zero-order chi connectivity index (χ0) is 21.0. The van der Waals surface area contributed by atoms with Crippen molar-refractivity contribution < 1.29 is 4.74 Å². The molecule has 4 aromatic rings. The summed E-state index contributed by atoms with van der Waals surface area (Å²) >= 11 is 0. The van der Waals surface area contributed by atoms with Crippen LogP contribution in [0.25, 0.3) is 16.8 Å². The van der Waals surface area contributed by atoms with Crippen molar-refractivity contribution in [3.05, 3.63) is 84.3 Å². The highest BCUT2D eigenvalue weighted by Crippen LogP contribution is 2.31. The molecule has 1 aliphatic heterocycles. The predicted octanol–water partition coefficient (Wildman–Crippen LogP) is 5.17. The Balaban J connectivity index is 1.40. The second-order valence-electron chi connectivity index (χ2n) is 8.18. The van der Waals surface area contributed by atoms with Crippen molar-refractivity contribution in [2.45, 2.75) is 32.2 Å². The highest BCUT2D eigenvalue weighted by atomic mass is 16.5. The summed E-state index contributed by atoms with van der Waals surface area (Å²) in [5.74, 6) is 1.34. The van der Waals surface area contributed by atoms with Crippen molar-refractivity contribution in [3.8, 4) is 16.9 Å². The summed E-state index contributed by atoms with van der Waals surface area (Å²) in [6.07, 6.45) is 6.25. The van der Waals surface area contributed by atoms with Gasteiger partial charge < -0.3 is 4.74 Å². The predicted molar refractivity (Wildman–Crippen MR) is 123 cm³/mol. The molecular weight excluding hydrogens is 384 g/mol. The minimum absolute atomic E-state index is 0.455. The number of benzene rings is 2. The molecule has 158 valence electrons. The number of likely N-dealkylation sites (tertiary alicyclic amines) is 1. The van der Waals surface area contributed by atoms with Crippen LogP contribution in [0, 0.1) is 0 Å². The van der Waals surface area contributed by atoms with Gasteiger partial charge in [-0.2, -0.15) is 5.10 Å². The Morgan fingerprint density at radius 2 is 1.87 bits per heavy atom. The largest absolute Gasteiger partial charge is 0.494 e. The zero-order valence-electron chi connectivity index (χ0n) is 17.9. The van der Waals surface area contributed by atoms with Crippen LogP contribution in [-0.2, 0) is 6.54 Å². The number of nitrogens with zero attached hydrogens (tertiary/aromatic N) is 4. The first-order valence-corrected chi connectivity index (χ1v) is 11.1. The lowest BCUT2D eigenvalue weighted by atomic mass is 9.94. The standard InChI is InChI=1S/C26H28N4O/c1-2-31-23-12-10-21(11-13-23)24-17-28-30-25(14-15-27-26(24)30)22-9-6-16-29(19-22)18-20-7-4-3-5-8-20/h3-5,7-8,10-15,17,22H,2,6,9,16,18-19H2,1H3. The van der Waals surface area contributed by atoms with Gasteiger partial charge in [0.05, 0.1) is 18.5 Å². The molecule has 1 aliphatic rings. The number of rotatable bonds is 6. The minimum atomic E-state index is 0.455. The van der Waals surface area contributed by atoms with Crippen molar-refractivity contribution in [3.63, 3.8) is 0 Å². The van der Waals surface area contributed by atoms with Gasteiger partial charge in [0.2, 0.25) is 0 Å². The molecule has 1 atom stereocenters. The fraction of sp³-hybridized carbons (Fsp3) is 0.308. The van der Waals surface area contributed by atoms with Crippen LogP contribution in [0.15, 0.2) is 73.1 Å². The summed E-state index contributed by atoms with van der Waals surface area (Å²) in [7, 11) is 0. The van der Waals surface area contributed by atoms with Gasteiger partial charge in [-0.25, -0.2) is 9.50 Å². The van der Waals surface area contributed by atoms with Crippen molar-refractivity contribution in [1.29, 1.82) is 0 Å². The average molecular weight is 413 g/mol. The maximum absolute atomic E-state index is 5.58. The summed E-state index contributed by atoms with van der Waals surface area (Å²) in [6.45, 7) is 5.87. The second-order valence-corrected chi connectivity index (χ2v) is 8.18. The molecule has 1 unspecified atom stereocenters. The van der Waals surface area contributed by atoms with Gasteiger partial charge in [0.25, 0.3) is 0 Å². The van der Waals surface area contributed by atoms with E-state index >= 15 is 0 Å². The summed E-state index contributed by atoms with van der Waals surface area (Å²) in [4.78, 5) is 7.24. The molecule has 0 spiro atoms. The van der Waals surface area contributed by atoms with Crippen LogP contribution in [-0.4, -0.2) is 39.2 Å². The molecule has 1 saturated heterocycles. The van der Waals surface area contributed by atoms with Gasteiger partial charge in [-0.05, 0) is 55.6 Å². The number of aromatic nitrogens is 3. The highest BCUT2D eigenvalue weighted by Gasteiger charge is 2.24. The van der Waals surface area contributed by atoms with E-state index in [4.69, 9.17) is 9.84 Å². The van der Waals surface area contributed by atoms with Crippen LogP contribution >= 0.6 is 0 Å². The molecule has 5 rings (SSSR count). The lowest BCUT2D eigenvalue weighted by Gasteiger charge is -2.33. The van der Waals surface area contributed by atoms with Crippen LogP contribution in [0.2, 0.25) is 0 Å². The fourth-order valence-corrected chi connectivity index (χ4v) is 4.60. The maximum atomic E-state index is 5.58. The van der Waals surface area contributed by atoms with E-state index in [0.717, 1.165) is 42.2 Å². The number of fused-ring (bicyclic) bond motifs is 1. The molecule has 0 radical (unpaired) electrons. The Hall–Kier alpha value is -3.18. The Kier molecular flexibility index (Phi) is 5.67. The van der Waals surface area contributed by atoms with Crippen molar-refractivity contribution in [1.82, 2.24) is 19.5 Å². The van der Waals surface area contributed by atoms with Gasteiger partial charge in [-0.1, -0.05) is 42.5 Å². The average Bonchev–Trinajstić information content (AvgIpc) is 3.25. The molecule has 5 heteroatoms. The normalized spacial score (nSPS) is 17.1. The molecule has 2 aromatic heterocycles. The minimum Gasteiger partial charge on any atom is -0.494 e. The van der Waals surface area contributed by atoms with E-state index in [1.165, 1.54) is 24.1 Å². The third-order valence-corrected chi connectivity index (χ3v) is 6.08. The van der Waals surface area contributed by atoms with E-state index in [2.05, 4.69) is 58.4 Å². The van der Waals surface area contributed by atoms with Crippen LogP contribution in [0.4, 0.5) is 0 Å². The Morgan fingerprint density at radius 3 is 2.68 bits per heavy atom. The van der Waals surface area contributed by atoms with E-state index in [0.29, 0.717) is 12.5 Å². The Morgan fingerprint density at radius 1 is 1.03 bits per heavy atom. The summed E-state index contributed by atoms with van der Waals surface area (Å²) < 4.78 is 7.62. The molecule has 1 fully saturated rings. The smallest absolute Gasteiger partial charge is 0.163 e.